The molecule has 1 heterocycles. The Morgan fingerprint density at radius 3 is 2.41 bits per heavy atom. The van der Waals surface area contributed by atoms with Gasteiger partial charge >= 0.3 is 0 Å². The Labute approximate surface area is 194 Å². The highest BCUT2D eigenvalue weighted by Gasteiger charge is 2.15. The van der Waals surface area contributed by atoms with Crippen molar-refractivity contribution in [1.82, 2.24) is 10.3 Å². The third-order valence-electron chi connectivity index (χ3n) is 4.68. The van der Waals surface area contributed by atoms with Gasteiger partial charge in [-0.05, 0) is 48.7 Å². The molecule has 3 rings (SSSR count). The molecule has 0 saturated carbocycles. The molecule has 0 aliphatic heterocycles. The van der Waals surface area contributed by atoms with Crippen molar-refractivity contribution in [2.45, 2.75) is 19.3 Å². The number of rotatable bonds is 8. The molecule has 166 valence electrons. The topological polar surface area (TPSA) is 147 Å². The summed E-state index contributed by atoms with van der Waals surface area (Å²) in [4.78, 5) is 32.9. The average molecular weight is 471 g/mol. The van der Waals surface area contributed by atoms with Gasteiger partial charge in [0.25, 0.3) is 5.91 Å². The van der Waals surface area contributed by atoms with Crippen molar-refractivity contribution in [3.63, 3.8) is 0 Å². The molecule has 32 heavy (non-hydrogen) atoms. The van der Waals surface area contributed by atoms with Crippen LogP contribution in [0.5, 0.6) is 0 Å². The summed E-state index contributed by atoms with van der Waals surface area (Å²) in [6, 6.07) is 13.9. The first kappa shape index (κ1) is 23.2. The maximum absolute atomic E-state index is 12.6. The van der Waals surface area contributed by atoms with Crippen LogP contribution in [0.15, 0.2) is 53.5 Å². The number of nitrogens with zero attached hydrogens (tertiary/aromatic N) is 2. The number of hydrogen-bond acceptors (Lipinski definition) is 6. The van der Waals surface area contributed by atoms with E-state index in [1.165, 1.54) is 11.3 Å². The fraction of sp³-hybridized carbons (Fsp3) is 0.182. The molecule has 1 aromatic heterocycles. The van der Waals surface area contributed by atoms with Crippen LogP contribution in [0, 0.1) is 6.92 Å². The Balaban J connectivity index is 1.70. The van der Waals surface area contributed by atoms with Gasteiger partial charge in [0.05, 0.1) is 10.6 Å². The number of aryl methyl sites for hydroxylation is 1. The smallest absolute Gasteiger partial charge is 0.251 e. The van der Waals surface area contributed by atoms with E-state index in [0.717, 1.165) is 21.7 Å². The van der Waals surface area contributed by atoms with E-state index in [4.69, 9.17) is 23.1 Å². The van der Waals surface area contributed by atoms with Crippen LogP contribution in [0.25, 0.3) is 10.4 Å². The van der Waals surface area contributed by atoms with Crippen LogP contribution in [-0.2, 0) is 4.79 Å². The molecule has 0 fully saturated rings. The van der Waals surface area contributed by atoms with Crippen LogP contribution in [0.2, 0.25) is 5.02 Å². The second kappa shape index (κ2) is 10.3. The molecule has 2 aromatic carbocycles. The number of aliphatic imine (C=N–C) groups is 1. The molecule has 0 aliphatic rings. The molecule has 1 amide bonds. The van der Waals surface area contributed by atoms with E-state index in [-0.39, 0.29) is 24.8 Å². The number of carbonyl (C=O) groups excluding carboxylic acids is 2. The van der Waals surface area contributed by atoms with E-state index in [2.05, 4.69) is 15.3 Å². The van der Waals surface area contributed by atoms with Gasteiger partial charge in [-0.2, -0.15) is 4.99 Å². The summed E-state index contributed by atoms with van der Waals surface area (Å²) in [5.41, 5.74) is 13.7. The number of guanidine groups is 1. The number of benzene rings is 2. The Bertz CT molecular complexity index is 1140. The number of amides is 1. The number of thiazole rings is 1. The van der Waals surface area contributed by atoms with Crippen LogP contribution >= 0.6 is 22.9 Å². The predicted octanol–water partition coefficient (Wildman–Crippen LogP) is 2.33. The van der Waals surface area contributed by atoms with Crippen molar-refractivity contribution < 1.29 is 14.7 Å². The number of aromatic nitrogens is 1. The summed E-state index contributed by atoms with van der Waals surface area (Å²) in [5.74, 6) is -2.00. The number of halogens is 1. The molecule has 5 N–H and O–H groups in total. The van der Waals surface area contributed by atoms with Gasteiger partial charge in [-0.1, -0.05) is 47.2 Å². The quantitative estimate of drug-likeness (QED) is 0.340. The minimum atomic E-state index is -1.19. The second-order valence-corrected chi connectivity index (χ2v) is 8.47. The van der Waals surface area contributed by atoms with E-state index in [0.29, 0.717) is 15.7 Å². The summed E-state index contributed by atoms with van der Waals surface area (Å²) in [6.07, 6.45) is -0.219. The Hall–Kier alpha value is -3.43. The first-order chi connectivity index (χ1) is 15.2. The fourth-order valence-electron chi connectivity index (χ4n) is 3.14. The first-order valence-electron chi connectivity index (χ1n) is 9.64. The van der Waals surface area contributed by atoms with Crippen molar-refractivity contribution in [3.05, 3.63) is 70.4 Å². The molecule has 3 aromatic rings. The highest BCUT2D eigenvalue weighted by atomic mass is 35.5. The van der Waals surface area contributed by atoms with Crippen LogP contribution < -0.4 is 21.9 Å². The third kappa shape index (κ3) is 6.05. The Kier molecular flexibility index (Phi) is 7.45. The van der Waals surface area contributed by atoms with E-state index in [9.17, 15) is 14.7 Å². The van der Waals surface area contributed by atoms with Gasteiger partial charge in [-0.15, -0.1) is 0 Å². The Morgan fingerprint density at radius 2 is 1.81 bits per heavy atom. The van der Waals surface area contributed by atoms with Gasteiger partial charge in [0.15, 0.2) is 5.96 Å². The second-order valence-electron chi connectivity index (χ2n) is 7.06. The van der Waals surface area contributed by atoms with Gasteiger partial charge in [0, 0.05) is 29.0 Å². The monoisotopic (exact) mass is 470 g/mol. The van der Waals surface area contributed by atoms with Gasteiger partial charge in [0.2, 0.25) is 5.13 Å². The SMILES string of the molecule is Cc1nc(N=C(N)N)sc1-c1ccc(C(=O)NCC(CC(=O)[O-])c2ccc(Cl)cc2)cc1. The normalized spacial score (nSPS) is 11.6. The molecular weight excluding hydrogens is 450 g/mol. The lowest BCUT2D eigenvalue weighted by Gasteiger charge is -2.19. The third-order valence-corrected chi connectivity index (χ3v) is 6.04. The van der Waals surface area contributed by atoms with Crippen molar-refractivity contribution >= 4 is 45.9 Å². The number of nitrogens with two attached hydrogens (primary N) is 2. The molecule has 1 atom stereocenters. The number of nitrogens with one attached hydrogen (secondary N) is 1. The predicted molar refractivity (Wildman–Crippen MR) is 124 cm³/mol. The molecule has 0 radical (unpaired) electrons. The van der Waals surface area contributed by atoms with Gasteiger partial charge in [-0.3, -0.25) is 4.79 Å². The van der Waals surface area contributed by atoms with Crippen LogP contribution in [0.4, 0.5) is 5.13 Å². The standard InChI is InChI=1S/C22H22ClN5O3S/c1-12-19(32-22(27-12)28-21(24)25)14-2-4-15(5-3-14)20(31)26-11-16(10-18(29)30)13-6-8-17(23)9-7-13/h2-9,16H,10-11H2,1H3,(H,26,31)(H,29,30)(H4,24,25,27,28)/p-1. The number of carboxylic acids is 1. The lowest BCUT2D eigenvalue weighted by atomic mass is 9.95. The lowest BCUT2D eigenvalue weighted by Crippen LogP contribution is -2.32. The van der Waals surface area contributed by atoms with E-state index >= 15 is 0 Å². The zero-order chi connectivity index (χ0) is 23.3. The Morgan fingerprint density at radius 1 is 1.16 bits per heavy atom. The van der Waals surface area contributed by atoms with Crippen molar-refractivity contribution in [2.75, 3.05) is 6.54 Å². The molecule has 0 aliphatic carbocycles. The highest BCUT2D eigenvalue weighted by Crippen LogP contribution is 2.34. The zero-order valence-corrected chi connectivity index (χ0v) is 18.7. The summed E-state index contributed by atoms with van der Waals surface area (Å²) in [5, 5.41) is 15.0. The van der Waals surface area contributed by atoms with Crippen LogP contribution in [0.1, 0.15) is 34.0 Å². The lowest BCUT2D eigenvalue weighted by molar-refractivity contribution is -0.306. The fourth-order valence-corrected chi connectivity index (χ4v) is 4.23. The molecule has 0 saturated heterocycles. The molecule has 1 unspecified atom stereocenters. The van der Waals surface area contributed by atoms with Crippen molar-refractivity contribution in [1.29, 1.82) is 0 Å². The van der Waals surface area contributed by atoms with Gasteiger partial charge in [0.1, 0.15) is 0 Å². The molecule has 10 heteroatoms. The maximum atomic E-state index is 12.6. The molecular formula is C22H21ClN5O3S-. The summed E-state index contributed by atoms with van der Waals surface area (Å²) in [6.45, 7) is 2.00. The minimum absolute atomic E-state index is 0.0621. The highest BCUT2D eigenvalue weighted by molar-refractivity contribution is 7.18. The number of carboxylic acid groups (broad SMARTS) is 1. The van der Waals surface area contributed by atoms with Crippen molar-refractivity contribution in [3.8, 4) is 10.4 Å². The average Bonchev–Trinajstić information content (AvgIpc) is 3.10. The van der Waals surface area contributed by atoms with Crippen molar-refractivity contribution in [2.24, 2.45) is 16.5 Å². The summed E-state index contributed by atoms with van der Waals surface area (Å²) >= 11 is 7.24. The molecule has 8 nitrogen and oxygen atoms in total. The van der Waals surface area contributed by atoms with E-state index < -0.39 is 11.9 Å². The molecule has 0 bridgehead atoms. The minimum Gasteiger partial charge on any atom is -0.550 e. The zero-order valence-electron chi connectivity index (χ0n) is 17.2. The largest absolute Gasteiger partial charge is 0.550 e. The van der Waals surface area contributed by atoms with Crippen LogP contribution in [0.3, 0.4) is 0 Å². The number of aliphatic carboxylic acids is 1. The van der Waals surface area contributed by atoms with E-state index in [1.54, 1.807) is 36.4 Å². The first-order valence-corrected chi connectivity index (χ1v) is 10.8. The van der Waals surface area contributed by atoms with Gasteiger partial charge in [-0.25, -0.2) is 4.98 Å². The van der Waals surface area contributed by atoms with E-state index in [1.807, 2.05) is 19.1 Å². The van der Waals surface area contributed by atoms with Gasteiger partial charge < -0.3 is 26.7 Å². The summed E-state index contributed by atoms with van der Waals surface area (Å²) in [7, 11) is 0. The summed E-state index contributed by atoms with van der Waals surface area (Å²) < 4.78 is 0. The number of carbonyl (C=O) groups is 2. The van der Waals surface area contributed by atoms with Crippen LogP contribution in [-0.4, -0.2) is 29.4 Å². The molecule has 0 spiro atoms. The number of hydrogen-bond donors (Lipinski definition) is 3. The maximum Gasteiger partial charge on any atom is 0.251 e.